The number of oxime groups is 1. The lowest BCUT2D eigenvalue weighted by molar-refractivity contribution is -0.0960. The molecule has 156 valence electrons. The summed E-state index contributed by atoms with van der Waals surface area (Å²) in [6.45, 7) is 2.94. The van der Waals surface area contributed by atoms with E-state index in [0.717, 1.165) is 37.7 Å². The van der Waals surface area contributed by atoms with Crippen molar-refractivity contribution in [1.82, 2.24) is 10.6 Å². The fourth-order valence-corrected chi connectivity index (χ4v) is 5.11. The van der Waals surface area contributed by atoms with Crippen LogP contribution in [-0.4, -0.2) is 48.9 Å². The average Bonchev–Trinajstić information content (AvgIpc) is 2.97. The van der Waals surface area contributed by atoms with Crippen molar-refractivity contribution in [3.05, 3.63) is 35.4 Å². The Morgan fingerprint density at radius 1 is 1.32 bits per heavy atom. The van der Waals surface area contributed by atoms with Crippen molar-refractivity contribution in [3.63, 3.8) is 0 Å². The van der Waals surface area contributed by atoms with Crippen molar-refractivity contribution >= 4 is 6.21 Å². The Balaban J connectivity index is 1.68. The van der Waals surface area contributed by atoms with Crippen molar-refractivity contribution in [2.24, 2.45) is 16.5 Å². The molecule has 2 aliphatic rings. The highest BCUT2D eigenvalue weighted by molar-refractivity contribution is 5.62. The lowest BCUT2D eigenvalue weighted by atomic mass is 9.59. The Morgan fingerprint density at radius 3 is 2.86 bits per heavy atom. The van der Waals surface area contributed by atoms with Gasteiger partial charge in [-0.2, -0.15) is 0 Å². The number of hydrogen-bond donors (Lipinski definition) is 4. The summed E-state index contributed by atoms with van der Waals surface area (Å²) in [5.74, 6) is 0.551. The van der Waals surface area contributed by atoms with E-state index in [1.54, 1.807) is 0 Å². The van der Waals surface area contributed by atoms with Gasteiger partial charge in [0.2, 0.25) is 0 Å². The SMILES string of the molecule is CNCC(NC)ON=C[C@H]1CC[C@]2(O)C[C@@H](c3cccc(CO)c3)CC[C@]12C. The minimum absolute atomic E-state index is 0.0578. The first kappa shape index (κ1) is 21.2. The molecular weight excluding hydrogens is 354 g/mol. The first-order valence-corrected chi connectivity index (χ1v) is 10.4. The maximum atomic E-state index is 11.6. The Bertz CT molecular complexity index is 683. The van der Waals surface area contributed by atoms with Crippen molar-refractivity contribution in [2.45, 2.75) is 63.4 Å². The van der Waals surface area contributed by atoms with E-state index >= 15 is 0 Å². The van der Waals surface area contributed by atoms with Gasteiger partial charge in [-0.15, -0.1) is 0 Å². The average molecular weight is 390 g/mol. The molecule has 1 unspecified atom stereocenters. The molecular formula is C22H35N3O3. The number of fused-ring (bicyclic) bond motifs is 1. The minimum atomic E-state index is -0.685. The highest BCUT2D eigenvalue weighted by Crippen LogP contribution is 2.60. The number of aliphatic hydroxyl groups excluding tert-OH is 1. The Hall–Kier alpha value is -1.47. The standard InChI is InChI=1S/C22H35N3O3/c1-21-9-7-18(17-6-4-5-16(11-17)15-26)12-22(21,27)10-8-19(21)13-25-28-20(24-3)14-23-2/h4-6,11,13,18-20,23-24,26-27H,7-10,12,14-15H2,1-3H3/t18-,19+,20?,21+,22-/m0/s1. The van der Waals surface area contributed by atoms with Crippen LogP contribution >= 0.6 is 0 Å². The fraction of sp³-hybridized carbons (Fsp3) is 0.682. The molecule has 28 heavy (non-hydrogen) atoms. The Kier molecular flexibility index (Phi) is 6.76. The fourth-order valence-electron chi connectivity index (χ4n) is 5.11. The zero-order chi connectivity index (χ0) is 20.2. The molecule has 4 N–H and O–H groups in total. The van der Waals surface area contributed by atoms with Gasteiger partial charge in [0, 0.05) is 24.1 Å². The van der Waals surface area contributed by atoms with Gasteiger partial charge in [-0.25, -0.2) is 0 Å². The summed E-state index contributed by atoms with van der Waals surface area (Å²) in [7, 11) is 3.73. The number of rotatable bonds is 8. The van der Waals surface area contributed by atoms with Crippen molar-refractivity contribution < 1.29 is 15.1 Å². The zero-order valence-corrected chi connectivity index (χ0v) is 17.3. The van der Waals surface area contributed by atoms with Gasteiger partial charge in [0.1, 0.15) is 0 Å². The molecule has 0 amide bonds. The van der Waals surface area contributed by atoms with E-state index in [2.05, 4.69) is 34.8 Å². The second kappa shape index (κ2) is 8.91. The van der Waals surface area contributed by atoms with Crippen LogP contribution in [0.5, 0.6) is 0 Å². The summed E-state index contributed by atoms with van der Waals surface area (Å²) in [4.78, 5) is 5.56. The minimum Gasteiger partial charge on any atom is -0.392 e. The predicted molar refractivity (Wildman–Crippen MR) is 111 cm³/mol. The van der Waals surface area contributed by atoms with Gasteiger partial charge < -0.3 is 20.4 Å². The second-order valence-corrected chi connectivity index (χ2v) is 8.63. The zero-order valence-electron chi connectivity index (χ0n) is 17.3. The third-order valence-corrected chi connectivity index (χ3v) is 7.09. The van der Waals surface area contributed by atoms with Crippen molar-refractivity contribution in [1.29, 1.82) is 0 Å². The van der Waals surface area contributed by atoms with Gasteiger partial charge in [0.25, 0.3) is 0 Å². The van der Waals surface area contributed by atoms with E-state index in [1.165, 1.54) is 5.56 Å². The monoisotopic (exact) mass is 389 g/mol. The molecule has 6 heteroatoms. The number of benzene rings is 1. The topological polar surface area (TPSA) is 86.1 Å². The van der Waals surface area contributed by atoms with Crippen LogP contribution in [0.3, 0.4) is 0 Å². The van der Waals surface area contributed by atoms with Crippen LogP contribution in [0.2, 0.25) is 0 Å². The van der Waals surface area contributed by atoms with E-state index in [0.29, 0.717) is 12.5 Å². The summed E-state index contributed by atoms with van der Waals surface area (Å²) in [5, 5.41) is 31.4. The number of nitrogens with zero attached hydrogens (tertiary/aromatic N) is 1. The molecule has 0 aromatic heterocycles. The summed E-state index contributed by atoms with van der Waals surface area (Å²) in [6.07, 6.45) is 6.23. The van der Waals surface area contributed by atoms with Crippen LogP contribution in [0.1, 0.15) is 56.1 Å². The lowest BCUT2D eigenvalue weighted by Crippen LogP contribution is -2.49. The summed E-state index contributed by atoms with van der Waals surface area (Å²) in [6, 6.07) is 8.15. The van der Waals surface area contributed by atoms with Gasteiger partial charge in [0.05, 0.1) is 12.2 Å². The molecule has 0 spiro atoms. The summed E-state index contributed by atoms with van der Waals surface area (Å²) < 4.78 is 0. The maximum Gasteiger partial charge on any atom is 0.190 e. The number of hydrogen-bond acceptors (Lipinski definition) is 6. The van der Waals surface area contributed by atoms with E-state index in [-0.39, 0.29) is 24.2 Å². The third kappa shape index (κ3) is 4.10. The molecule has 2 aliphatic carbocycles. The smallest absolute Gasteiger partial charge is 0.190 e. The van der Waals surface area contributed by atoms with E-state index < -0.39 is 5.60 Å². The summed E-state index contributed by atoms with van der Waals surface area (Å²) >= 11 is 0. The third-order valence-electron chi connectivity index (χ3n) is 7.09. The van der Waals surface area contributed by atoms with Gasteiger partial charge in [-0.3, -0.25) is 5.32 Å². The molecule has 2 fully saturated rings. The molecule has 0 radical (unpaired) electrons. The van der Waals surface area contributed by atoms with Crippen molar-refractivity contribution in [3.8, 4) is 0 Å². The van der Waals surface area contributed by atoms with Crippen LogP contribution in [0, 0.1) is 11.3 Å². The van der Waals surface area contributed by atoms with E-state index in [4.69, 9.17) is 4.84 Å². The molecule has 2 saturated carbocycles. The van der Waals surface area contributed by atoms with Crippen LogP contribution in [0.15, 0.2) is 29.4 Å². The Labute approximate surface area is 168 Å². The van der Waals surface area contributed by atoms with Crippen LogP contribution in [-0.2, 0) is 11.4 Å². The molecule has 0 aliphatic heterocycles. The largest absolute Gasteiger partial charge is 0.392 e. The molecule has 0 heterocycles. The molecule has 0 saturated heterocycles. The molecule has 3 rings (SSSR count). The lowest BCUT2D eigenvalue weighted by Gasteiger charge is -2.49. The van der Waals surface area contributed by atoms with E-state index in [1.807, 2.05) is 32.4 Å². The highest BCUT2D eigenvalue weighted by atomic mass is 16.6. The van der Waals surface area contributed by atoms with Gasteiger partial charge in [-0.1, -0.05) is 36.3 Å². The highest BCUT2D eigenvalue weighted by Gasteiger charge is 2.58. The molecule has 0 bridgehead atoms. The van der Waals surface area contributed by atoms with Crippen LogP contribution in [0.25, 0.3) is 0 Å². The molecule has 6 nitrogen and oxygen atoms in total. The molecule has 5 atom stereocenters. The first-order valence-electron chi connectivity index (χ1n) is 10.4. The van der Waals surface area contributed by atoms with Crippen LogP contribution < -0.4 is 10.6 Å². The number of nitrogens with one attached hydrogen (secondary N) is 2. The van der Waals surface area contributed by atoms with Gasteiger partial charge in [-0.05, 0) is 63.2 Å². The number of likely N-dealkylation sites (N-methyl/N-ethyl adjacent to an activating group) is 2. The summed E-state index contributed by atoms with van der Waals surface area (Å²) in [5.41, 5.74) is 1.30. The molecule has 1 aromatic carbocycles. The molecule has 1 aromatic rings. The van der Waals surface area contributed by atoms with Crippen LogP contribution in [0.4, 0.5) is 0 Å². The second-order valence-electron chi connectivity index (χ2n) is 8.63. The van der Waals surface area contributed by atoms with Gasteiger partial charge >= 0.3 is 0 Å². The predicted octanol–water partition coefficient (Wildman–Crippen LogP) is 2.36. The first-order chi connectivity index (χ1) is 13.5. The maximum absolute atomic E-state index is 11.6. The quantitative estimate of drug-likeness (QED) is 0.312. The van der Waals surface area contributed by atoms with Crippen molar-refractivity contribution in [2.75, 3.05) is 20.6 Å². The number of aliphatic hydroxyl groups is 2. The van der Waals surface area contributed by atoms with Gasteiger partial charge in [0.15, 0.2) is 6.23 Å². The van der Waals surface area contributed by atoms with E-state index in [9.17, 15) is 10.2 Å². The normalized spacial score (nSPS) is 33.8. The Morgan fingerprint density at radius 2 is 2.14 bits per heavy atom.